The average molecular weight is 348 g/mol. The van der Waals surface area contributed by atoms with Gasteiger partial charge in [0, 0.05) is 5.92 Å². The summed E-state index contributed by atoms with van der Waals surface area (Å²) in [5.74, 6) is -1.07. The number of methoxy groups -OCH3 is 1. The maximum atomic E-state index is 11.9. The molecular weight excluding hydrogens is 324 g/mol. The van der Waals surface area contributed by atoms with E-state index in [0.717, 1.165) is 5.56 Å². The zero-order valence-corrected chi connectivity index (χ0v) is 14.7. The van der Waals surface area contributed by atoms with Crippen molar-refractivity contribution in [1.29, 1.82) is 0 Å². The SMILES string of the molecule is COC(=O)[C@@H]1[C@H]2O[C@H]([C@@H]3COC(C)(C)O3)[C@H](OCc3ccccc3)[C@H]21. The van der Waals surface area contributed by atoms with E-state index in [9.17, 15) is 4.79 Å². The zero-order valence-electron chi connectivity index (χ0n) is 14.7. The molecule has 0 aromatic heterocycles. The van der Waals surface area contributed by atoms with Gasteiger partial charge < -0.3 is 23.7 Å². The van der Waals surface area contributed by atoms with E-state index in [1.165, 1.54) is 7.11 Å². The van der Waals surface area contributed by atoms with Crippen molar-refractivity contribution in [3.63, 3.8) is 0 Å². The van der Waals surface area contributed by atoms with Crippen LogP contribution >= 0.6 is 0 Å². The molecule has 136 valence electrons. The third-order valence-corrected chi connectivity index (χ3v) is 5.18. The van der Waals surface area contributed by atoms with E-state index in [2.05, 4.69) is 0 Å². The standard InChI is InChI=1S/C19H24O6/c1-19(2)23-10-12(25-19)15-17(22-9-11-7-5-4-6-8-11)13-14(16(13)24-15)18(20)21-3/h4-8,12-17H,9-10H2,1-3H3/t12-,13-,14-,15+,16-,17+/m0/s1. The first-order chi connectivity index (χ1) is 12.0. The lowest BCUT2D eigenvalue weighted by Crippen LogP contribution is -2.42. The van der Waals surface area contributed by atoms with Crippen LogP contribution in [0, 0.1) is 11.8 Å². The lowest BCUT2D eigenvalue weighted by molar-refractivity contribution is -0.172. The predicted molar refractivity (Wildman–Crippen MR) is 87.6 cm³/mol. The Bertz CT molecular complexity index is 630. The molecule has 0 amide bonds. The molecule has 6 atom stereocenters. The monoisotopic (exact) mass is 348 g/mol. The fraction of sp³-hybridized carbons (Fsp3) is 0.632. The Kier molecular flexibility index (Phi) is 4.32. The summed E-state index contributed by atoms with van der Waals surface area (Å²) in [5.41, 5.74) is 1.09. The quantitative estimate of drug-likeness (QED) is 0.758. The lowest BCUT2D eigenvalue weighted by Gasteiger charge is -2.28. The van der Waals surface area contributed by atoms with Gasteiger partial charge in [-0.05, 0) is 19.4 Å². The minimum absolute atomic E-state index is 0.0217. The van der Waals surface area contributed by atoms with Crippen molar-refractivity contribution in [2.45, 2.75) is 50.7 Å². The van der Waals surface area contributed by atoms with Gasteiger partial charge in [0.15, 0.2) is 5.79 Å². The summed E-state index contributed by atoms with van der Waals surface area (Å²) < 4.78 is 28.8. The van der Waals surface area contributed by atoms with Gasteiger partial charge in [0.1, 0.15) is 12.2 Å². The smallest absolute Gasteiger partial charge is 0.311 e. The van der Waals surface area contributed by atoms with Crippen LogP contribution in [0.1, 0.15) is 19.4 Å². The highest BCUT2D eigenvalue weighted by Gasteiger charge is 2.69. The molecule has 0 spiro atoms. The number of carbonyl (C=O) groups is 1. The third kappa shape index (κ3) is 3.19. The molecule has 4 rings (SSSR count). The molecule has 1 saturated carbocycles. The van der Waals surface area contributed by atoms with Crippen molar-refractivity contribution >= 4 is 5.97 Å². The van der Waals surface area contributed by atoms with Crippen molar-refractivity contribution in [2.75, 3.05) is 13.7 Å². The van der Waals surface area contributed by atoms with Crippen molar-refractivity contribution in [1.82, 2.24) is 0 Å². The highest BCUT2D eigenvalue weighted by Crippen LogP contribution is 2.55. The Morgan fingerprint density at radius 1 is 1.24 bits per heavy atom. The van der Waals surface area contributed by atoms with Crippen LogP contribution < -0.4 is 0 Å². The molecule has 2 saturated heterocycles. The molecule has 2 heterocycles. The Labute approximate surface area is 147 Å². The molecule has 3 fully saturated rings. The molecule has 2 aliphatic heterocycles. The van der Waals surface area contributed by atoms with Gasteiger partial charge in [0.2, 0.25) is 0 Å². The van der Waals surface area contributed by atoms with E-state index in [1.807, 2.05) is 44.2 Å². The van der Waals surface area contributed by atoms with Crippen LogP contribution in [-0.2, 0) is 35.1 Å². The van der Waals surface area contributed by atoms with E-state index in [-0.39, 0.29) is 42.2 Å². The number of hydrogen-bond acceptors (Lipinski definition) is 6. The third-order valence-electron chi connectivity index (χ3n) is 5.18. The van der Waals surface area contributed by atoms with Crippen LogP contribution in [0.4, 0.5) is 0 Å². The van der Waals surface area contributed by atoms with Crippen LogP contribution in [-0.4, -0.2) is 49.9 Å². The second-order valence-electron chi connectivity index (χ2n) is 7.32. The van der Waals surface area contributed by atoms with E-state index in [0.29, 0.717) is 13.2 Å². The first kappa shape index (κ1) is 17.0. The van der Waals surface area contributed by atoms with Crippen molar-refractivity contribution < 1.29 is 28.5 Å². The topological polar surface area (TPSA) is 63.2 Å². The summed E-state index contributed by atoms with van der Waals surface area (Å²) in [7, 11) is 1.41. The van der Waals surface area contributed by atoms with Crippen LogP contribution in [0.3, 0.4) is 0 Å². The van der Waals surface area contributed by atoms with E-state index in [4.69, 9.17) is 23.7 Å². The summed E-state index contributed by atoms with van der Waals surface area (Å²) in [6.45, 7) is 4.71. The Balaban J connectivity index is 1.47. The van der Waals surface area contributed by atoms with Gasteiger partial charge in [-0.25, -0.2) is 0 Å². The number of ether oxygens (including phenoxy) is 5. The molecule has 3 aliphatic rings. The van der Waals surface area contributed by atoms with Crippen LogP contribution in [0.25, 0.3) is 0 Å². The molecule has 25 heavy (non-hydrogen) atoms. The maximum absolute atomic E-state index is 11.9. The minimum Gasteiger partial charge on any atom is -0.469 e. The molecule has 6 heteroatoms. The largest absolute Gasteiger partial charge is 0.469 e. The fourth-order valence-corrected chi connectivity index (χ4v) is 3.93. The van der Waals surface area contributed by atoms with E-state index in [1.54, 1.807) is 0 Å². The Morgan fingerprint density at radius 3 is 2.64 bits per heavy atom. The molecule has 0 radical (unpaired) electrons. The second kappa shape index (κ2) is 6.36. The number of esters is 1. The second-order valence-corrected chi connectivity index (χ2v) is 7.32. The van der Waals surface area contributed by atoms with Crippen molar-refractivity contribution in [3.8, 4) is 0 Å². The molecule has 1 aliphatic carbocycles. The van der Waals surface area contributed by atoms with Gasteiger partial charge in [-0.3, -0.25) is 4.79 Å². The van der Waals surface area contributed by atoms with Crippen molar-refractivity contribution in [3.05, 3.63) is 35.9 Å². The van der Waals surface area contributed by atoms with Crippen molar-refractivity contribution in [2.24, 2.45) is 11.8 Å². The number of rotatable bonds is 5. The number of hydrogen-bond donors (Lipinski definition) is 0. The van der Waals surface area contributed by atoms with Crippen LogP contribution in [0.5, 0.6) is 0 Å². The van der Waals surface area contributed by atoms with Gasteiger partial charge >= 0.3 is 5.97 Å². The van der Waals surface area contributed by atoms with Gasteiger partial charge in [-0.1, -0.05) is 30.3 Å². The first-order valence-corrected chi connectivity index (χ1v) is 8.71. The Hall–Kier alpha value is -1.47. The number of fused-ring (bicyclic) bond motifs is 1. The van der Waals surface area contributed by atoms with Gasteiger partial charge in [-0.2, -0.15) is 0 Å². The molecule has 0 bridgehead atoms. The fourth-order valence-electron chi connectivity index (χ4n) is 3.93. The summed E-state index contributed by atoms with van der Waals surface area (Å²) >= 11 is 0. The van der Waals surface area contributed by atoms with Gasteiger partial charge in [0.25, 0.3) is 0 Å². The lowest BCUT2D eigenvalue weighted by atomic mass is 10.0. The number of carbonyl (C=O) groups excluding carboxylic acids is 1. The molecule has 6 nitrogen and oxygen atoms in total. The van der Waals surface area contributed by atoms with E-state index < -0.39 is 5.79 Å². The summed E-state index contributed by atoms with van der Waals surface area (Å²) in [5, 5.41) is 0. The van der Waals surface area contributed by atoms with Crippen LogP contribution in [0.2, 0.25) is 0 Å². The van der Waals surface area contributed by atoms with Gasteiger partial charge in [-0.15, -0.1) is 0 Å². The highest BCUT2D eigenvalue weighted by molar-refractivity contribution is 5.77. The number of benzene rings is 1. The Morgan fingerprint density at radius 2 is 2.00 bits per heavy atom. The molecule has 0 unspecified atom stereocenters. The minimum atomic E-state index is -0.619. The average Bonchev–Trinajstić information content (AvgIpc) is 3.00. The summed E-state index contributed by atoms with van der Waals surface area (Å²) in [6.07, 6.45) is -0.786. The molecular formula is C19H24O6. The molecule has 1 aromatic rings. The predicted octanol–water partition coefficient (Wildman–Crippen LogP) is 1.91. The van der Waals surface area contributed by atoms with Gasteiger partial charge in [0.05, 0.1) is 38.4 Å². The maximum Gasteiger partial charge on any atom is 0.311 e. The molecule has 0 N–H and O–H groups in total. The summed E-state index contributed by atoms with van der Waals surface area (Å²) in [4.78, 5) is 11.9. The van der Waals surface area contributed by atoms with Crippen LogP contribution in [0.15, 0.2) is 30.3 Å². The first-order valence-electron chi connectivity index (χ1n) is 8.71. The normalized spacial score (nSPS) is 38.4. The highest BCUT2D eigenvalue weighted by atomic mass is 16.8. The van der Waals surface area contributed by atoms with E-state index >= 15 is 0 Å². The zero-order chi connectivity index (χ0) is 17.6. The molecule has 1 aromatic carbocycles. The summed E-state index contributed by atoms with van der Waals surface area (Å²) in [6, 6.07) is 9.97.